The van der Waals surface area contributed by atoms with Crippen LogP contribution in [0.5, 0.6) is 46.0 Å². The molecule has 4 rings (SSSR count). The lowest BCUT2D eigenvalue weighted by Crippen LogP contribution is -2.30. The van der Waals surface area contributed by atoms with E-state index in [1.165, 1.54) is 88.5 Å². The van der Waals surface area contributed by atoms with E-state index in [0.29, 0.717) is 0 Å². The van der Waals surface area contributed by atoms with Gasteiger partial charge in [0.1, 0.15) is 56.5 Å². The van der Waals surface area contributed by atoms with E-state index in [0.717, 1.165) is 62.8 Å². The topological polar surface area (TPSA) is 200 Å². The molecule has 0 radical (unpaired) electrons. The predicted molar refractivity (Wildman–Crippen MR) is 228 cm³/mol. The lowest BCUT2D eigenvalue weighted by atomic mass is 10.1. The highest BCUT2D eigenvalue weighted by atomic mass is 32.2. The van der Waals surface area contributed by atoms with Crippen LogP contribution in [0.25, 0.3) is 12.2 Å². The van der Waals surface area contributed by atoms with Crippen molar-refractivity contribution in [2.45, 2.75) is 21.5 Å². The average Bonchev–Trinajstić information content (AvgIpc) is 3.25. The van der Waals surface area contributed by atoms with Gasteiger partial charge in [-0.2, -0.15) is 43.2 Å². The Bertz CT molecular complexity index is 2530. The highest BCUT2D eigenvalue weighted by molar-refractivity contribution is 7.94. The first-order chi connectivity index (χ1) is 30.4. The number of benzene rings is 4. The number of anilines is 2. The van der Waals surface area contributed by atoms with E-state index in [-0.39, 0.29) is 45.6 Å². The molecule has 0 aromatic heterocycles. The van der Waals surface area contributed by atoms with Gasteiger partial charge < -0.3 is 37.9 Å². The Balaban J connectivity index is 2.16. The lowest BCUT2D eigenvalue weighted by molar-refractivity contribution is -0.0435. The Morgan fingerprint density at radius 3 is 0.985 bits per heavy atom. The van der Waals surface area contributed by atoms with E-state index < -0.39 is 85.4 Å². The van der Waals surface area contributed by atoms with Crippen molar-refractivity contribution in [2.24, 2.45) is 0 Å². The van der Waals surface area contributed by atoms with E-state index in [1.807, 2.05) is 0 Å². The number of alkyl halides is 6. The molecule has 16 nitrogen and oxygen atoms in total. The molecular weight excluding hydrogens is 943 g/mol. The van der Waals surface area contributed by atoms with E-state index in [4.69, 9.17) is 37.9 Å². The lowest BCUT2D eigenvalue weighted by Gasteiger charge is -2.24. The summed E-state index contributed by atoms with van der Waals surface area (Å²) >= 11 is 0. The van der Waals surface area contributed by atoms with Crippen molar-refractivity contribution < 1.29 is 89.5 Å². The molecule has 2 atom stereocenters. The standard InChI is InChI=1S/C40H42F6N2O14S3/c1-55-25-19-33(59-5)27(34(20-25)60-6)11-15-37(23-9-13-31(57-3)29(17-23)47-64(51,52)39(41,42)43)63(49,50)38(16-12-28-35(61-7)21-26(56-2)22-36(28)62-8)24-10-14-32(58-4)30(18-24)48-65(53,54)40(44,45)46/h9-22,37-38,47-48H,1-8H3/b15-11+,16-12+. The number of hydrogen-bond donors (Lipinski definition) is 2. The summed E-state index contributed by atoms with van der Waals surface area (Å²) in [5.41, 5.74) is -13.9. The quantitative estimate of drug-likeness (QED) is 0.0810. The SMILES string of the molecule is COc1cc(OC)c(/C=C/C(c2ccc(OC)c(NS(=O)(=O)C(F)(F)F)c2)S(=O)(=O)C(/C=C/c2c(OC)cc(OC)cc2OC)c2ccc(OC)c(NS(=O)(=O)C(F)(F)F)c2)c(OC)c1. The van der Waals surface area contributed by atoms with Gasteiger partial charge in [-0.3, -0.25) is 9.44 Å². The minimum Gasteiger partial charge on any atom is -0.496 e. The van der Waals surface area contributed by atoms with Gasteiger partial charge in [-0.1, -0.05) is 24.3 Å². The van der Waals surface area contributed by atoms with Gasteiger partial charge in [0, 0.05) is 24.3 Å². The Morgan fingerprint density at radius 1 is 0.446 bits per heavy atom. The van der Waals surface area contributed by atoms with Gasteiger partial charge in [-0.05, 0) is 47.5 Å². The summed E-state index contributed by atoms with van der Waals surface area (Å²) in [7, 11) is -7.53. The van der Waals surface area contributed by atoms with E-state index >= 15 is 8.42 Å². The van der Waals surface area contributed by atoms with Crippen molar-refractivity contribution >= 4 is 53.4 Å². The van der Waals surface area contributed by atoms with Crippen LogP contribution < -0.4 is 47.3 Å². The molecule has 0 saturated heterocycles. The fraction of sp³-hybridized carbons (Fsp3) is 0.300. The Kier molecular flexibility index (Phi) is 16.1. The summed E-state index contributed by atoms with van der Waals surface area (Å²) < 4.78 is 208. The summed E-state index contributed by atoms with van der Waals surface area (Å²) in [5, 5.41) is -4.07. The zero-order valence-corrected chi connectivity index (χ0v) is 37.9. The van der Waals surface area contributed by atoms with E-state index in [9.17, 15) is 43.2 Å². The first-order valence-corrected chi connectivity index (χ1v) is 22.7. The fourth-order valence-corrected chi connectivity index (χ4v) is 9.20. The van der Waals surface area contributed by atoms with Crippen molar-refractivity contribution in [3.05, 3.63) is 95.1 Å². The van der Waals surface area contributed by atoms with Crippen molar-refractivity contribution in [1.29, 1.82) is 0 Å². The highest BCUT2D eigenvalue weighted by Gasteiger charge is 2.47. The van der Waals surface area contributed by atoms with Gasteiger partial charge in [0.05, 0.1) is 79.4 Å². The number of ether oxygens (including phenoxy) is 8. The van der Waals surface area contributed by atoms with Crippen molar-refractivity contribution in [3.63, 3.8) is 0 Å². The number of sulfone groups is 1. The van der Waals surface area contributed by atoms with Gasteiger partial charge in [0.15, 0.2) is 9.84 Å². The first kappa shape index (κ1) is 51.4. The zero-order chi connectivity index (χ0) is 48.7. The maximum absolute atomic E-state index is 15.5. The number of nitrogens with one attached hydrogen (secondary N) is 2. The van der Waals surface area contributed by atoms with Gasteiger partial charge in [-0.15, -0.1) is 0 Å². The molecule has 4 aromatic carbocycles. The Labute approximate surface area is 370 Å². The highest BCUT2D eigenvalue weighted by Crippen LogP contribution is 2.45. The predicted octanol–water partition coefficient (Wildman–Crippen LogP) is 7.90. The smallest absolute Gasteiger partial charge is 0.496 e. The number of rotatable bonds is 20. The number of halogens is 6. The van der Waals surface area contributed by atoms with Crippen LogP contribution in [0.2, 0.25) is 0 Å². The summed E-state index contributed by atoms with van der Waals surface area (Å²) in [6.07, 6.45) is 4.54. The van der Waals surface area contributed by atoms with Gasteiger partial charge >= 0.3 is 31.1 Å². The monoisotopic (exact) mass is 984 g/mol. The first-order valence-electron chi connectivity index (χ1n) is 18.1. The second-order valence-electron chi connectivity index (χ2n) is 13.1. The summed E-state index contributed by atoms with van der Waals surface area (Å²) in [6, 6.07) is 11.4. The molecule has 0 aliphatic rings. The van der Waals surface area contributed by atoms with Crippen LogP contribution in [-0.2, 0) is 29.9 Å². The minimum absolute atomic E-state index is 0.0776. The maximum atomic E-state index is 15.5. The second kappa shape index (κ2) is 20.3. The summed E-state index contributed by atoms with van der Waals surface area (Å²) in [6.45, 7) is 0. The molecule has 2 unspecified atom stereocenters. The van der Waals surface area contributed by atoms with Crippen LogP contribution in [0.4, 0.5) is 37.7 Å². The molecular formula is C40H42F6N2O14S3. The third-order valence-corrected chi connectivity index (χ3v) is 13.8. The largest absolute Gasteiger partial charge is 0.516 e. The molecule has 2 N–H and O–H groups in total. The average molecular weight is 985 g/mol. The van der Waals surface area contributed by atoms with Crippen molar-refractivity contribution in [1.82, 2.24) is 0 Å². The van der Waals surface area contributed by atoms with Crippen molar-refractivity contribution in [3.8, 4) is 46.0 Å². The van der Waals surface area contributed by atoms with Crippen LogP contribution in [0.1, 0.15) is 32.8 Å². The summed E-state index contributed by atoms with van der Waals surface area (Å²) in [5.74, 6) is -0.116. The van der Waals surface area contributed by atoms with E-state index in [1.54, 1.807) is 0 Å². The molecule has 65 heavy (non-hydrogen) atoms. The van der Waals surface area contributed by atoms with Gasteiger partial charge in [0.25, 0.3) is 0 Å². The van der Waals surface area contributed by atoms with Crippen molar-refractivity contribution in [2.75, 3.05) is 66.3 Å². The minimum atomic E-state index is -6.13. The molecule has 0 bridgehead atoms. The molecule has 0 aliphatic carbocycles. The van der Waals surface area contributed by atoms with Crippen LogP contribution in [-0.4, -0.2) is 93.1 Å². The maximum Gasteiger partial charge on any atom is 0.516 e. The normalized spacial score (nSPS) is 13.5. The Morgan fingerprint density at radius 2 is 0.738 bits per heavy atom. The van der Waals surface area contributed by atoms with Crippen LogP contribution in [0.15, 0.2) is 72.8 Å². The zero-order valence-electron chi connectivity index (χ0n) is 35.4. The van der Waals surface area contributed by atoms with Crippen LogP contribution in [0.3, 0.4) is 0 Å². The van der Waals surface area contributed by atoms with Crippen LogP contribution >= 0.6 is 0 Å². The summed E-state index contributed by atoms with van der Waals surface area (Å²) in [4.78, 5) is 0. The van der Waals surface area contributed by atoms with Gasteiger partial charge in [0.2, 0.25) is 0 Å². The molecule has 0 spiro atoms. The van der Waals surface area contributed by atoms with Crippen LogP contribution in [0, 0.1) is 0 Å². The third-order valence-electron chi connectivity index (χ3n) is 9.29. The number of methoxy groups -OCH3 is 8. The molecule has 0 amide bonds. The molecule has 0 heterocycles. The molecule has 25 heteroatoms. The molecule has 356 valence electrons. The number of sulfonamides is 2. The fourth-order valence-electron chi connectivity index (χ4n) is 6.11. The third kappa shape index (κ3) is 11.4. The van der Waals surface area contributed by atoms with E-state index in [2.05, 4.69) is 0 Å². The Hall–Kier alpha value is -6.21. The molecule has 4 aromatic rings. The molecule has 0 saturated carbocycles. The molecule has 0 aliphatic heterocycles. The molecule has 0 fully saturated rings. The van der Waals surface area contributed by atoms with Gasteiger partial charge in [-0.25, -0.2) is 8.42 Å². The second-order valence-corrected chi connectivity index (χ2v) is 18.6. The number of hydrogen-bond acceptors (Lipinski definition) is 14.